The van der Waals surface area contributed by atoms with Gasteiger partial charge in [0, 0.05) is 13.2 Å². The molecule has 0 bridgehead atoms. The third kappa shape index (κ3) is 4.45. The number of ether oxygens (including phenoxy) is 3. The molecule has 120 valence electrons. The second-order valence-corrected chi connectivity index (χ2v) is 6.22. The molecule has 0 unspecified atom stereocenters. The van der Waals surface area contributed by atoms with E-state index in [1.165, 1.54) is 16.3 Å². The lowest BCUT2D eigenvalue weighted by Gasteiger charge is -2.22. The maximum atomic E-state index is 5.65. The fourth-order valence-electron chi connectivity index (χ4n) is 2.43. The Bertz CT molecular complexity index is 594. The van der Waals surface area contributed by atoms with Gasteiger partial charge in [0.15, 0.2) is 6.29 Å². The molecule has 0 spiro atoms. The molecule has 0 heterocycles. The van der Waals surface area contributed by atoms with E-state index in [9.17, 15) is 0 Å². The fourth-order valence-corrected chi connectivity index (χ4v) is 3.11. The largest absolute Gasteiger partial charge is 0.497 e. The number of methoxy groups -OCH3 is 1. The van der Waals surface area contributed by atoms with Crippen LogP contribution in [0.5, 0.6) is 5.75 Å². The number of halogens is 1. The maximum absolute atomic E-state index is 5.65. The monoisotopic (exact) mass is 366 g/mol. The average molecular weight is 367 g/mol. The Labute approximate surface area is 140 Å². The average Bonchev–Trinajstić information content (AvgIpc) is 2.54. The zero-order valence-electron chi connectivity index (χ0n) is 13.3. The molecule has 0 aliphatic heterocycles. The van der Waals surface area contributed by atoms with Gasteiger partial charge in [-0.1, -0.05) is 40.2 Å². The molecule has 1 atom stereocenters. The Balaban J connectivity index is 2.13. The highest BCUT2D eigenvalue weighted by atomic mass is 79.9. The SMILES string of the molecule is CCOC(OCC)[C@@H](Br)Cc1ccc2cc(OC)ccc2c1. The lowest BCUT2D eigenvalue weighted by molar-refractivity contribution is -0.134. The van der Waals surface area contributed by atoms with E-state index in [0.717, 1.165) is 12.2 Å². The van der Waals surface area contributed by atoms with E-state index in [2.05, 4.69) is 40.2 Å². The normalized spacial score (nSPS) is 12.8. The smallest absolute Gasteiger partial charge is 0.170 e. The summed E-state index contributed by atoms with van der Waals surface area (Å²) in [6, 6.07) is 12.6. The van der Waals surface area contributed by atoms with E-state index in [1.54, 1.807) is 7.11 Å². The zero-order chi connectivity index (χ0) is 15.9. The summed E-state index contributed by atoms with van der Waals surface area (Å²) >= 11 is 3.70. The second kappa shape index (κ2) is 8.51. The molecule has 0 radical (unpaired) electrons. The first-order chi connectivity index (χ1) is 10.7. The summed E-state index contributed by atoms with van der Waals surface area (Å²) in [5.74, 6) is 0.881. The molecule has 2 aromatic carbocycles. The molecule has 0 aliphatic rings. The van der Waals surface area contributed by atoms with Crippen molar-refractivity contribution in [2.45, 2.75) is 31.4 Å². The molecular formula is C18H23BrO3. The van der Waals surface area contributed by atoms with Gasteiger partial charge >= 0.3 is 0 Å². The van der Waals surface area contributed by atoms with Gasteiger partial charge in [0.2, 0.25) is 0 Å². The fraction of sp³-hybridized carbons (Fsp3) is 0.444. The van der Waals surface area contributed by atoms with E-state index in [0.29, 0.717) is 13.2 Å². The summed E-state index contributed by atoms with van der Waals surface area (Å²) in [5, 5.41) is 2.39. The summed E-state index contributed by atoms with van der Waals surface area (Å²) in [6.45, 7) is 5.25. The molecule has 22 heavy (non-hydrogen) atoms. The first kappa shape index (κ1) is 17.3. The van der Waals surface area contributed by atoms with Crippen LogP contribution in [0.25, 0.3) is 10.8 Å². The van der Waals surface area contributed by atoms with Crippen LogP contribution in [-0.4, -0.2) is 31.4 Å². The van der Waals surface area contributed by atoms with Crippen molar-refractivity contribution >= 4 is 26.7 Å². The van der Waals surface area contributed by atoms with Crippen molar-refractivity contribution in [1.82, 2.24) is 0 Å². The molecule has 2 aromatic rings. The molecule has 0 saturated carbocycles. The Kier molecular flexibility index (Phi) is 6.68. The number of hydrogen-bond acceptors (Lipinski definition) is 3. The summed E-state index contributed by atoms with van der Waals surface area (Å²) in [4.78, 5) is 0.128. The highest BCUT2D eigenvalue weighted by Gasteiger charge is 2.19. The lowest BCUT2D eigenvalue weighted by atomic mass is 10.0. The van der Waals surface area contributed by atoms with Gasteiger partial charge < -0.3 is 14.2 Å². The second-order valence-electron chi connectivity index (χ2n) is 5.05. The third-order valence-corrected chi connectivity index (χ3v) is 4.26. The third-order valence-electron chi connectivity index (χ3n) is 3.50. The first-order valence-corrected chi connectivity index (χ1v) is 8.53. The number of hydrogen-bond donors (Lipinski definition) is 0. The first-order valence-electron chi connectivity index (χ1n) is 7.61. The molecule has 0 N–H and O–H groups in total. The van der Waals surface area contributed by atoms with E-state index >= 15 is 0 Å². The molecule has 0 aromatic heterocycles. The zero-order valence-corrected chi connectivity index (χ0v) is 14.9. The minimum Gasteiger partial charge on any atom is -0.497 e. The van der Waals surface area contributed by atoms with Gasteiger partial charge in [0.1, 0.15) is 5.75 Å². The van der Waals surface area contributed by atoms with Crippen LogP contribution in [0.15, 0.2) is 36.4 Å². The standard InChI is InChI=1S/C18H23BrO3/c1-4-21-18(22-5-2)17(19)11-13-6-7-15-12-16(20-3)9-8-14(15)10-13/h6-10,12,17-18H,4-5,11H2,1-3H3/t17-/m0/s1. The van der Waals surface area contributed by atoms with Crippen LogP contribution in [0.2, 0.25) is 0 Å². The summed E-state index contributed by atoms with van der Waals surface area (Å²) in [7, 11) is 1.69. The van der Waals surface area contributed by atoms with Crippen molar-refractivity contribution in [2.75, 3.05) is 20.3 Å². The van der Waals surface area contributed by atoms with Crippen molar-refractivity contribution in [3.05, 3.63) is 42.0 Å². The molecule has 3 nitrogen and oxygen atoms in total. The number of rotatable bonds is 8. The van der Waals surface area contributed by atoms with Crippen LogP contribution in [0.1, 0.15) is 19.4 Å². The van der Waals surface area contributed by atoms with Crippen LogP contribution in [0.4, 0.5) is 0 Å². The van der Waals surface area contributed by atoms with Crippen molar-refractivity contribution in [3.8, 4) is 5.75 Å². The Morgan fingerprint density at radius 3 is 2.23 bits per heavy atom. The Hall–Kier alpha value is -1.10. The van der Waals surface area contributed by atoms with Crippen LogP contribution in [-0.2, 0) is 15.9 Å². The van der Waals surface area contributed by atoms with E-state index in [4.69, 9.17) is 14.2 Å². The minimum absolute atomic E-state index is 0.128. The van der Waals surface area contributed by atoms with Crippen LogP contribution >= 0.6 is 15.9 Å². The van der Waals surface area contributed by atoms with Gasteiger partial charge in [0.05, 0.1) is 11.9 Å². The van der Waals surface area contributed by atoms with Crippen LogP contribution in [0.3, 0.4) is 0 Å². The van der Waals surface area contributed by atoms with Gasteiger partial charge in [-0.15, -0.1) is 0 Å². The molecule has 0 aliphatic carbocycles. The van der Waals surface area contributed by atoms with Gasteiger partial charge in [-0.25, -0.2) is 0 Å². The molecule has 0 fully saturated rings. The van der Waals surface area contributed by atoms with Gasteiger partial charge in [-0.3, -0.25) is 0 Å². The highest BCUT2D eigenvalue weighted by molar-refractivity contribution is 9.09. The predicted molar refractivity (Wildman–Crippen MR) is 94.0 cm³/mol. The molecule has 0 amide bonds. The summed E-state index contributed by atoms with van der Waals surface area (Å²) < 4.78 is 16.6. The van der Waals surface area contributed by atoms with Crippen LogP contribution < -0.4 is 4.74 Å². The van der Waals surface area contributed by atoms with E-state index in [1.807, 2.05) is 26.0 Å². The van der Waals surface area contributed by atoms with Crippen LogP contribution in [0, 0.1) is 0 Å². The lowest BCUT2D eigenvalue weighted by Crippen LogP contribution is -2.29. The van der Waals surface area contributed by atoms with Gasteiger partial charge in [-0.05, 0) is 48.7 Å². The van der Waals surface area contributed by atoms with E-state index in [-0.39, 0.29) is 11.1 Å². The quantitative estimate of drug-likeness (QED) is 0.506. The van der Waals surface area contributed by atoms with Gasteiger partial charge in [0.25, 0.3) is 0 Å². The number of alkyl halides is 1. The topological polar surface area (TPSA) is 27.7 Å². The van der Waals surface area contributed by atoms with Crippen molar-refractivity contribution in [1.29, 1.82) is 0 Å². The van der Waals surface area contributed by atoms with Crippen molar-refractivity contribution in [2.24, 2.45) is 0 Å². The molecule has 0 saturated heterocycles. The Morgan fingerprint density at radius 1 is 0.955 bits per heavy atom. The van der Waals surface area contributed by atoms with Crippen molar-refractivity contribution in [3.63, 3.8) is 0 Å². The predicted octanol–water partition coefficient (Wildman–Crippen LogP) is 4.55. The number of benzene rings is 2. The molecular weight excluding hydrogens is 344 g/mol. The highest BCUT2D eigenvalue weighted by Crippen LogP contribution is 2.24. The molecule has 4 heteroatoms. The van der Waals surface area contributed by atoms with Crippen molar-refractivity contribution < 1.29 is 14.2 Å². The number of fused-ring (bicyclic) bond motifs is 1. The minimum atomic E-state index is -0.221. The maximum Gasteiger partial charge on any atom is 0.170 e. The summed E-state index contributed by atoms with van der Waals surface area (Å²) in [6.07, 6.45) is 0.633. The molecule has 2 rings (SSSR count). The van der Waals surface area contributed by atoms with Gasteiger partial charge in [-0.2, -0.15) is 0 Å². The Morgan fingerprint density at radius 2 is 1.59 bits per heavy atom. The summed E-state index contributed by atoms with van der Waals surface area (Å²) in [5.41, 5.74) is 1.25. The van der Waals surface area contributed by atoms with E-state index < -0.39 is 0 Å².